The number of likely N-dealkylation sites (tertiary alicyclic amines) is 1. The van der Waals surface area contributed by atoms with Crippen LogP contribution in [0.4, 0.5) is 0 Å². The van der Waals surface area contributed by atoms with E-state index in [1.807, 2.05) is 37.3 Å². The minimum atomic E-state index is -0.639. The van der Waals surface area contributed by atoms with Crippen molar-refractivity contribution in [1.29, 1.82) is 5.26 Å². The molecule has 1 aromatic rings. The van der Waals surface area contributed by atoms with Crippen molar-refractivity contribution in [3.8, 4) is 6.07 Å². The van der Waals surface area contributed by atoms with Crippen molar-refractivity contribution in [2.24, 2.45) is 11.8 Å². The number of benzene rings is 1. The van der Waals surface area contributed by atoms with Gasteiger partial charge in [-0.1, -0.05) is 37.3 Å². The fourth-order valence-electron chi connectivity index (χ4n) is 2.59. The number of nitriles is 1. The monoisotopic (exact) mass is 272 g/mol. The Morgan fingerprint density at radius 1 is 1.50 bits per heavy atom. The van der Waals surface area contributed by atoms with Crippen molar-refractivity contribution >= 4 is 5.91 Å². The highest BCUT2D eigenvalue weighted by Crippen LogP contribution is 2.19. The molecule has 1 amide bonds. The summed E-state index contributed by atoms with van der Waals surface area (Å²) in [6.07, 6.45) is 0.703. The topological polar surface area (TPSA) is 64.3 Å². The summed E-state index contributed by atoms with van der Waals surface area (Å²) in [6, 6.07) is 11.7. The van der Waals surface area contributed by atoms with Crippen LogP contribution in [0.3, 0.4) is 0 Å². The number of nitrogens with zero attached hydrogens (tertiary/aromatic N) is 2. The summed E-state index contributed by atoms with van der Waals surface area (Å²) in [4.78, 5) is 14.1. The molecule has 106 valence electrons. The number of amides is 1. The van der Waals surface area contributed by atoms with Crippen molar-refractivity contribution in [3.05, 3.63) is 35.9 Å². The van der Waals surface area contributed by atoms with Crippen LogP contribution in [0, 0.1) is 23.2 Å². The number of carbonyl (C=O) groups is 1. The van der Waals surface area contributed by atoms with Crippen LogP contribution in [0.2, 0.25) is 0 Å². The molecular formula is C16H20N2O2. The van der Waals surface area contributed by atoms with Gasteiger partial charge in [-0.3, -0.25) is 4.79 Å². The minimum absolute atomic E-state index is 0.0729. The largest absolute Gasteiger partial charge is 0.393 e. The van der Waals surface area contributed by atoms with E-state index in [9.17, 15) is 15.2 Å². The first-order valence-electron chi connectivity index (χ1n) is 7.02. The average molecular weight is 272 g/mol. The molecule has 0 aliphatic carbocycles. The van der Waals surface area contributed by atoms with Gasteiger partial charge in [-0.2, -0.15) is 5.26 Å². The van der Waals surface area contributed by atoms with Crippen LogP contribution in [-0.4, -0.2) is 35.1 Å². The van der Waals surface area contributed by atoms with Gasteiger partial charge in [-0.15, -0.1) is 0 Å². The van der Waals surface area contributed by atoms with Crippen LogP contribution >= 0.6 is 0 Å². The lowest BCUT2D eigenvalue weighted by atomic mass is 9.94. The van der Waals surface area contributed by atoms with E-state index >= 15 is 0 Å². The third-order valence-electron chi connectivity index (χ3n) is 3.91. The molecule has 0 bridgehead atoms. The molecule has 1 N–H and O–H groups in total. The summed E-state index contributed by atoms with van der Waals surface area (Å²) in [7, 11) is 0. The number of piperidine rings is 1. The second-order valence-electron chi connectivity index (χ2n) is 5.49. The Kier molecular flexibility index (Phi) is 4.75. The maximum Gasteiger partial charge on any atom is 0.240 e. The summed E-state index contributed by atoms with van der Waals surface area (Å²) in [5.74, 6) is -0.682. The van der Waals surface area contributed by atoms with Crippen LogP contribution in [0.1, 0.15) is 18.9 Å². The molecule has 2 rings (SSSR count). The lowest BCUT2D eigenvalue weighted by Crippen LogP contribution is -2.47. The molecule has 4 heteroatoms. The van der Waals surface area contributed by atoms with Crippen molar-refractivity contribution < 1.29 is 9.90 Å². The Balaban J connectivity index is 2.01. The van der Waals surface area contributed by atoms with Gasteiger partial charge in [0.2, 0.25) is 5.91 Å². The van der Waals surface area contributed by atoms with Crippen molar-refractivity contribution in [1.82, 2.24) is 4.90 Å². The standard InChI is InChI=1S/C16H20N2O2/c1-12-11-18(8-7-15(12)19)16(20)14(10-17)9-13-5-3-2-4-6-13/h2-6,12,14-15,19H,7-9,11H2,1H3. The third-order valence-corrected chi connectivity index (χ3v) is 3.91. The Bertz CT molecular complexity index is 495. The highest BCUT2D eigenvalue weighted by atomic mass is 16.3. The molecule has 3 unspecified atom stereocenters. The second kappa shape index (κ2) is 6.53. The smallest absolute Gasteiger partial charge is 0.240 e. The zero-order valence-electron chi connectivity index (χ0n) is 11.7. The first-order chi connectivity index (χ1) is 9.61. The van der Waals surface area contributed by atoms with Crippen molar-refractivity contribution in [2.75, 3.05) is 13.1 Å². The second-order valence-corrected chi connectivity index (χ2v) is 5.49. The quantitative estimate of drug-likeness (QED) is 0.909. The molecule has 0 radical (unpaired) electrons. The normalized spacial score (nSPS) is 23.9. The third kappa shape index (κ3) is 3.37. The predicted molar refractivity (Wildman–Crippen MR) is 75.6 cm³/mol. The number of carbonyl (C=O) groups excluding carboxylic acids is 1. The lowest BCUT2D eigenvalue weighted by molar-refractivity contribution is -0.137. The maximum absolute atomic E-state index is 12.4. The average Bonchev–Trinajstić information content (AvgIpc) is 2.48. The molecule has 1 heterocycles. The first kappa shape index (κ1) is 14.5. The van der Waals surface area contributed by atoms with Gasteiger partial charge in [0, 0.05) is 13.1 Å². The number of hydrogen-bond donors (Lipinski definition) is 1. The lowest BCUT2D eigenvalue weighted by Gasteiger charge is -2.35. The number of aliphatic hydroxyl groups excluding tert-OH is 1. The predicted octanol–water partition coefficient (Wildman–Crippen LogP) is 1.60. The van der Waals surface area contributed by atoms with E-state index in [0.29, 0.717) is 25.9 Å². The highest BCUT2D eigenvalue weighted by molar-refractivity contribution is 5.81. The van der Waals surface area contributed by atoms with E-state index in [-0.39, 0.29) is 17.9 Å². The zero-order valence-corrected chi connectivity index (χ0v) is 11.7. The Morgan fingerprint density at radius 2 is 2.20 bits per heavy atom. The summed E-state index contributed by atoms with van der Waals surface area (Å²) < 4.78 is 0. The fraction of sp³-hybridized carbons (Fsp3) is 0.500. The molecule has 0 saturated carbocycles. The molecule has 1 aliphatic rings. The van der Waals surface area contributed by atoms with Crippen LogP contribution in [0.15, 0.2) is 30.3 Å². The molecule has 0 spiro atoms. The van der Waals surface area contributed by atoms with Gasteiger partial charge in [0.1, 0.15) is 5.92 Å². The van der Waals surface area contributed by atoms with Crippen LogP contribution in [0.25, 0.3) is 0 Å². The fourth-order valence-corrected chi connectivity index (χ4v) is 2.59. The molecule has 1 aliphatic heterocycles. The molecule has 1 fully saturated rings. The van der Waals surface area contributed by atoms with Gasteiger partial charge in [0.15, 0.2) is 0 Å². The summed E-state index contributed by atoms with van der Waals surface area (Å²) >= 11 is 0. The molecular weight excluding hydrogens is 252 g/mol. The van der Waals surface area contributed by atoms with Crippen molar-refractivity contribution in [2.45, 2.75) is 25.9 Å². The van der Waals surface area contributed by atoms with Gasteiger partial charge in [0.05, 0.1) is 12.2 Å². The Hall–Kier alpha value is -1.86. The molecule has 1 aromatic carbocycles. The number of rotatable bonds is 3. The number of hydrogen-bond acceptors (Lipinski definition) is 3. The molecule has 3 atom stereocenters. The molecule has 4 nitrogen and oxygen atoms in total. The maximum atomic E-state index is 12.4. The van der Waals surface area contributed by atoms with Gasteiger partial charge in [-0.05, 0) is 24.3 Å². The summed E-state index contributed by atoms with van der Waals surface area (Å²) in [5.41, 5.74) is 0.998. The van der Waals surface area contributed by atoms with Gasteiger partial charge in [-0.25, -0.2) is 0 Å². The van der Waals surface area contributed by atoms with E-state index in [4.69, 9.17) is 0 Å². The van der Waals surface area contributed by atoms with E-state index in [2.05, 4.69) is 6.07 Å². The molecule has 20 heavy (non-hydrogen) atoms. The van der Waals surface area contributed by atoms with E-state index in [1.165, 1.54) is 0 Å². The van der Waals surface area contributed by atoms with Crippen LogP contribution < -0.4 is 0 Å². The summed E-state index contributed by atoms with van der Waals surface area (Å²) in [6.45, 7) is 3.01. The van der Waals surface area contributed by atoms with Crippen molar-refractivity contribution in [3.63, 3.8) is 0 Å². The van der Waals surface area contributed by atoms with E-state index in [1.54, 1.807) is 4.90 Å². The van der Waals surface area contributed by atoms with E-state index < -0.39 is 5.92 Å². The SMILES string of the molecule is CC1CN(C(=O)C(C#N)Cc2ccccc2)CCC1O. The first-order valence-corrected chi connectivity index (χ1v) is 7.02. The Morgan fingerprint density at radius 3 is 2.80 bits per heavy atom. The zero-order chi connectivity index (χ0) is 14.5. The Labute approximate surface area is 119 Å². The van der Waals surface area contributed by atoms with Gasteiger partial charge in [0.25, 0.3) is 0 Å². The van der Waals surface area contributed by atoms with Gasteiger partial charge < -0.3 is 10.0 Å². The minimum Gasteiger partial charge on any atom is -0.393 e. The summed E-state index contributed by atoms with van der Waals surface area (Å²) in [5, 5.41) is 19.0. The van der Waals surface area contributed by atoms with Gasteiger partial charge >= 0.3 is 0 Å². The van der Waals surface area contributed by atoms with Crippen LogP contribution in [0.5, 0.6) is 0 Å². The molecule has 1 saturated heterocycles. The van der Waals surface area contributed by atoms with Crippen LogP contribution in [-0.2, 0) is 11.2 Å². The van der Waals surface area contributed by atoms with E-state index in [0.717, 1.165) is 5.56 Å². The number of aliphatic hydroxyl groups is 1. The molecule has 0 aromatic heterocycles. The highest BCUT2D eigenvalue weighted by Gasteiger charge is 2.31.